The van der Waals surface area contributed by atoms with Crippen LogP contribution in [0.2, 0.25) is 5.02 Å². The molecule has 104 valence electrons. The van der Waals surface area contributed by atoms with E-state index in [1.807, 2.05) is 12.1 Å². The molecule has 0 aromatic heterocycles. The van der Waals surface area contributed by atoms with Crippen LogP contribution in [-0.2, 0) is 17.8 Å². The average molecular weight is 281 g/mol. The van der Waals surface area contributed by atoms with Crippen LogP contribution in [0.3, 0.4) is 0 Å². The van der Waals surface area contributed by atoms with Crippen LogP contribution in [0.5, 0.6) is 0 Å². The topological polar surface area (TPSA) is 41.1 Å². The minimum absolute atomic E-state index is 0.161. The lowest BCUT2D eigenvalue weighted by Gasteiger charge is -2.09. The first-order chi connectivity index (χ1) is 9.20. The maximum Gasteiger partial charge on any atom is 0.223 e. The highest BCUT2D eigenvalue weighted by atomic mass is 35.5. The predicted molar refractivity (Wildman–Crippen MR) is 78.3 cm³/mol. The normalized spacial score (nSPS) is 14.4. The summed E-state index contributed by atoms with van der Waals surface area (Å²) in [4.78, 5) is 11.6. The second-order valence-corrected chi connectivity index (χ2v) is 5.43. The summed E-state index contributed by atoms with van der Waals surface area (Å²) in [7, 11) is 0. The van der Waals surface area contributed by atoms with Gasteiger partial charge in [0.1, 0.15) is 0 Å². The summed E-state index contributed by atoms with van der Waals surface area (Å²) >= 11 is 6.17. The molecule has 19 heavy (non-hydrogen) atoms. The Morgan fingerprint density at radius 3 is 2.89 bits per heavy atom. The zero-order chi connectivity index (χ0) is 13.7. The summed E-state index contributed by atoms with van der Waals surface area (Å²) in [5, 5.41) is 6.98. The van der Waals surface area contributed by atoms with Crippen molar-refractivity contribution in [1.82, 2.24) is 10.6 Å². The van der Waals surface area contributed by atoms with E-state index in [-0.39, 0.29) is 11.8 Å². The smallest absolute Gasteiger partial charge is 0.223 e. The highest BCUT2D eigenvalue weighted by Gasteiger charge is 2.29. The first-order valence-corrected chi connectivity index (χ1v) is 7.34. The molecule has 1 aromatic rings. The van der Waals surface area contributed by atoms with Crippen molar-refractivity contribution in [3.8, 4) is 0 Å². The average Bonchev–Trinajstić information content (AvgIpc) is 3.23. The number of nitrogens with one attached hydrogen (secondary N) is 2. The first-order valence-electron chi connectivity index (χ1n) is 6.96. The lowest BCUT2D eigenvalue weighted by molar-refractivity contribution is -0.122. The number of carbonyl (C=O) groups is 1. The standard InChI is InChI=1S/C15H21ClN2O/c1-2-17-8-7-11-3-6-14(16)13(9-11)10-18-15(19)12-4-5-12/h3,6,9,12,17H,2,4-5,7-8,10H2,1H3,(H,18,19). The van der Waals surface area contributed by atoms with Gasteiger partial charge in [-0.15, -0.1) is 0 Å². The fourth-order valence-electron chi connectivity index (χ4n) is 2.00. The van der Waals surface area contributed by atoms with Crippen molar-refractivity contribution in [1.29, 1.82) is 0 Å². The van der Waals surface area contributed by atoms with Crippen molar-refractivity contribution in [3.05, 3.63) is 34.3 Å². The second-order valence-electron chi connectivity index (χ2n) is 5.02. The molecular formula is C15H21ClN2O. The molecule has 4 heteroatoms. The lowest BCUT2D eigenvalue weighted by atomic mass is 10.1. The minimum Gasteiger partial charge on any atom is -0.352 e. The number of benzene rings is 1. The van der Waals surface area contributed by atoms with E-state index in [4.69, 9.17) is 11.6 Å². The summed E-state index contributed by atoms with van der Waals surface area (Å²) in [6, 6.07) is 6.06. The van der Waals surface area contributed by atoms with Crippen LogP contribution in [0, 0.1) is 5.92 Å². The van der Waals surface area contributed by atoms with Crippen LogP contribution in [0.25, 0.3) is 0 Å². The van der Waals surface area contributed by atoms with Gasteiger partial charge in [-0.3, -0.25) is 4.79 Å². The van der Waals surface area contributed by atoms with Crippen molar-refractivity contribution >= 4 is 17.5 Å². The van der Waals surface area contributed by atoms with Crippen LogP contribution >= 0.6 is 11.6 Å². The summed E-state index contributed by atoms with van der Waals surface area (Å²) in [5.41, 5.74) is 2.26. The molecule has 0 atom stereocenters. The summed E-state index contributed by atoms with van der Waals surface area (Å²) < 4.78 is 0. The van der Waals surface area contributed by atoms with Gasteiger partial charge in [0, 0.05) is 17.5 Å². The monoisotopic (exact) mass is 280 g/mol. The van der Waals surface area contributed by atoms with E-state index in [9.17, 15) is 4.79 Å². The molecule has 1 saturated carbocycles. The number of amides is 1. The van der Waals surface area contributed by atoms with Crippen molar-refractivity contribution in [3.63, 3.8) is 0 Å². The van der Waals surface area contributed by atoms with Gasteiger partial charge in [0.25, 0.3) is 0 Å². The van der Waals surface area contributed by atoms with Gasteiger partial charge in [0.05, 0.1) is 0 Å². The Morgan fingerprint density at radius 2 is 2.21 bits per heavy atom. The number of hydrogen-bond acceptors (Lipinski definition) is 2. The highest BCUT2D eigenvalue weighted by Crippen LogP contribution is 2.29. The van der Waals surface area contributed by atoms with Crippen LogP contribution in [0.15, 0.2) is 18.2 Å². The number of halogens is 1. The van der Waals surface area contributed by atoms with Gasteiger partial charge in [-0.25, -0.2) is 0 Å². The minimum atomic E-state index is 0.161. The zero-order valence-electron chi connectivity index (χ0n) is 11.3. The predicted octanol–water partition coefficient (Wildman–Crippen LogP) is 2.52. The highest BCUT2D eigenvalue weighted by molar-refractivity contribution is 6.31. The van der Waals surface area contributed by atoms with E-state index < -0.39 is 0 Å². The maximum absolute atomic E-state index is 11.6. The van der Waals surface area contributed by atoms with Gasteiger partial charge in [0.15, 0.2) is 0 Å². The quantitative estimate of drug-likeness (QED) is 0.754. The van der Waals surface area contributed by atoms with E-state index in [1.165, 1.54) is 5.56 Å². The Bertz CT molecular complexity index is 444. The molecule has 0 radical (unpaired) electrons. The van der Waals surface area contributed by atoms with Gasteiger partial charge in [-0.05, 0) is 49.5 Å². The van der Waals surface area contributed by atoms with Crippen LogP contribution in [-0.4, -0.2) is 19.0 Å². The second kappa shape index (κ2) is 6.92. The molecule has 1 amide bonds. The third kappa shape index (κ3) is 4.51. The van der Waals surface area contributed by atoms with Gasteiger partial charge >= 0.3 is 0 Å². The largest absolute Gasteiger partial charge is 0.352 e. The van der Waals surface area contributed by atoms with Gasteiger partial charge in [0.2, 0.25) is 5.91 Å². The Morgan fingerprint density at radius 1 is 1.42 bits per heavy atom. The zero-order valence-corrected chi connectivity index (χ0v) is 12.1. The van der Waals surface area contributed by atoms with Crippen molar-refractivity contribution in [2.75, 3.05) is 13.1 Å². The number of likely N-dealkylation sites (N-methyl/N-ethyl adjacent to an activating group) is 1. The molecule has 0 heterocycles. The Labute approximate surface area is 119 Å². The molecule has 0 spiro atoms. The lowest BCUT2D eigenvalue weighted by Crippen LogP contribution is -2.24. The van der Waals surface area contributed by atoms with Gasteiger partial charge in [-0.1, -0.05) is 30.7 Å². The van der Waals surface area contributed by atoms with Gasteiger partial charge in [-0.2, -0.15) is 0 Å². The molecule has 1 fully saturated rings. The Balaban J connectivity index is 1.90. The van der Waals surface area contributed by atoms with Gasteiger partial charge < -0.3 is 10.6 Å². The molecular weight excluding hydrogens is 260 g/mol. The molecule has 0 saturated heterocycles. The first kappa shape index (κ1) is 14.4. The maximum atomic E-state index is 11.6. The molecule has 3 nitrogen and oxygen atoms in total. The third-order valence-electron chi connectivity index (χ3n) is 3.35. The number of hydrogen-bond donors (Lipinski definition) is 2. The summed E-state index contributed by atoms with van der Waals surface area (Å²) in [6.45, 7) is 4.58. The number of rotatable bonds is 7. The van der Waals surface area contributed by atoms with Crippen molar-refractivity contribution in [2.24, 2.45) is 5.92 Å². The van der Waals surface area contributed by atoms with E-state index in [2.05, 4.69) is 23.6 Å². The van der Waals surface area contributed by atoms with E-state index >= 15 is 0 Å². The van der Waals surface area contributed by atoms with Crippen molar-refractivity contribution < 1.29 is 4.79 Å². The van der Waals surface area contributed by atoms with Crippen LogP contribution in [0.1, 0.15) is 30.9 Å². The fraction of sp³-hybridized carbons (Fsp3) is 0.533. The molecule has 1 aliphatic carbocycles. The Kier molecular flexibility index (Phi) is 5.23. The van der Waals surface area contributed by atoms with E-state index in [0.717, 1.165) is 42.9 Å². The van der Waals surface area contributed by atoms with Crippen molar-refractivity contribution in [2.45, 2.75) is 32.7 Å². The van der Waals surface area contributed by atoms with E-state index in [1.54, 1.807) is 0 Å². The molecule has 0 aliphatic heterocycles. The van der Waals surface area contributed by atoms with E-state index in [0.29, 0.717) is 6.54 Å². The third-order valence-corrected chi connectivity index (χ3v) is 3.72. The molecule has 1 aliphatic rings. The molecule has 2 N–H and O–H groups in total. The van der Waals surface area contributed by atoms with Crippen LogP contribution < -0.4 is 10.6 Å². The fourth-order valence-corrected chi connectivity index (χ4v) is 2.19. The SMILES string of the molecule is CCNCCc1ccc(Cl)c(CNC(=O)C2CC2)c1. The van der Waals surface area contributed by atoms with Crippen LogP contribution in [0.4, 0.5) is 0 Å². The summed E-state index contributed by atoms with van der Waals surface area (Å²) in [5.74, 6) is 0.407. The molecule has 2 rings (SSSR count). The molecule has 0 bridgehead atoms. The molecule has 1 aromatic carbocycles. The Hall–Kier alpha value is -1.06. The number of carbonyl (C=O) groups excluding carboxylic acids is 1. The summed E-state index contributed by atoms with van der Waals surface area (Å²) in [6.07, 6.45) is 3.04. The molecule has 0 unspecified atom stereocenters.